The van der Waals surface area contributed by atoms with Gasteiger partial charge in [0, 0.05) is 23.8 Å². The summed E-state index contributed by atoms with van der Waals surface area (Å²) in [6, 6.07) is 11.5. The lowest BCUT2D eigenvalue weighted by atomic mass is 9.80. The zero-order chi connectivity index (χ0) is 20.5. The molecule has 4 aliphatic rings. The van der Waals surface area contributed by atoms with Crippen molar-refractivity contribution in [3.63, 3.8) is 0 Å². The standard InChI is InChI=1S/C28H44N2/c1-21-13-9-12-20-26(21)29-22(2)27(23-14-5-3-6-15-23)30(25-18-10-11-19-25)28(29)24-16-7-4-8-17-24/h9,12-13,20,22-25,27-28H,3-8,10-11,14-19H2,1-2H3/t22-,27?,28?/m0/s1. The Labute approximate surface area is 185 Å². The maximum absolute atomic E-state index is 3.16. The number of benzene rings is 1. The van der Waals surface area contributed by atoms with E-state index in [9.17, 15) is 0 Å². The van der Waals surface area contributed by atoms with Crippen LogP contribution < -0.4 is 4.90 Å². The first-order valence-corrected chi connectivity index (χ1v) is 13.4. The van der Waals surface area contributed by atoms with Gasteiger partial charge < -0.3 is 4.90 Å². The van der Waals surface area contributed by atoms with Crippen molar-refractivity contribution in [2.45, 2.75) is 128 Å². The van der Waals surface area contributed by atoms with E-state index in [4.69, 9.17) is 0 Å². The van der Waals surface area contributed by atoms with Crippen molar-refractivity contribution in [1.82, 2.24) is 4.90 Å². The number of rotatable bonds is 4. The molecule has 5 rings (SSSR count). The molecule has 4 fully saturated rings. The summed E-state index contributed by atoms with van der Waals surface area (Å²) in [6.45, 7) is 4.93. The number of anilines is 1. The van der Waals surface area contributed by atoms with E-state index in [0.29, 0.717) is 12.2 Å². The number of para-hydroxylation sites is 1. The summed E-state index contributed by atoms with van der Waals surface area (Å²) >= 11 is 0. The lowest BCUT2D eigenvalue weighted by molar-refractivity contribution is 0.0450. The summed E-state index contributed by atoms with van der Waals surface area (Å²) in [7, 11) is 0. The third-order valence-corrected chi connectivity index (χ3v) is 9.21. The minimum Gasteiger partial charge on any atom is -0.351 e. The Kier molecular flexibility index (Phi) is 6.42. The maximum atomic E-state index is 3.16. The van der Waals surface area contributed by atoms with E-state index in [0.717, 1.165) is 23.9 Å². The predicted octanol–water partition coefficient (Wildman–Crippen LogP) is 7.30. The predicted molar refractivity (Wildman–Crippen MR) is 128 cm³/mol. The molecule has 0 aromatic heterocycles. The molecule has 30 heavy (non-hydrogen) atoms. The first kappa shape index (κ1) is 20.9. The molecule has 1 saturated heterocycles. The van der Waals surface area contributed by atoms with Gasteiger partial charge >= 0.3 is 0 Å². The molecule has 2 heteroatoms. The Balaban J connectivity index is 1.57. The van der Waals surface area contributed by atoms with E-state index >= 15 is 0 Å². The first-order chi connectivity index (χ1) is 14.8. The monoisotopic (exact) mass is 408 g/mol. The fraction of sp³-hybridized carbons (Fsp3) is 0.786. The number of hydrogen-bond acceptors (Lipinski definition) is 2. The van der Waals surface area contributed by atoms with Gasteiger partial charge in [0.15, 0.2) is 0 Å². The molecule has 2 nitrogen and oxygen atoms in total. The SMILES string of the molecule is Cc1ccccc1N1C(C2CCCCC2)N(C2CCCC2)C(C2CCCCC2)[C@@H]1C. The van der Waals surface area contributed by atoms with Crippen molar-refractivity contribution >= 4 is 5.69 Å². The van der Waals surface area contributed by atoms with Gasteiger partial charge in [0.2, 0.25) is 0 Å². The summed E-state index contributed by atoms with van der Waals surface area (Å²) in [4.78, 5) is 6.11. The van der Waals surface area contributed by atoms with Gasteiger partial charge in [-0.1, -0.05) is 69.6 Å². The highest BCUT2D eigenvalue weighted by atomic mass is 15.5. The Bertz CT molecular complexity index is 682. The Hall–Kier alpha value is -1.02. The van der Waals surface area contributed by atoms with Crippen molar-refractivity contribution in [3.05, 3.63) is 29.8 Å². The highest BCUT2D eigenvalue weighted by Crippen LogP contribution is 2.48. The van der Waals surface area contributed by atoms with Crippen LogP contribution >= 0.6 is 0 Å². The van der Waals surface area contributed by atoms with Crippen molar-refractivity contribution in [1.29, 1.82) is 0 Å². The number of hydrogen-bond donors (Lipinski definition) is 0. The van der Waals surface area contributed by atoms with E-state index in [-0.39, 0.29) is 0 Å². The summed E-state index contributed by atoms with van der Waals surface area (Å²) in [5.41, 5.74) is 3.00. The molecule has 1 heterocycles. The molecule has 3 atom stereocenters. The molecular weight excluding hydrogens is 364 g/mol. The summed E-state index contributed by atoms with van der Waals surface area (Å²) in [5, 5.41) is 0. The topological polar surface area (TPSA) is 6.48 Å². The van der Waals surface area contributed by atoms with Crippen molar-refractivity contribution in [2.75, 3.05) is 4.90 Å². The Morgan fingerprint density at radius 2 is 1.27 bits per heavy atom. The van der Waals surface area contributed by atoms with Gasteiger partial charge in [0.05, 0.1) is 6.17 Å². The van der Waals surface area contributed by atoms with Gasteiger partial charge in [-0.2, -0.15) is 0 Å². The summed E-state index contributed by atoms with van der Waals surface area (Å²) in [5.74, 6) is 1.77. The average molecular weight is 409 g/mol. The molecule has 2 unspecified atom stereocenters. The van der Waals surface area contributed by atoms with Gasteiger partial charge in [-0.15, -0.1) is 0 Å². The summed E-state index contributed by atoms with van der Waals surface area (Å²) < 4.78 is 0. The molecule has 0 bridgehead atoms. The quantitative estimate of drug-likeness (QED) is 0.515. The largest absolute Gasteiger partial charge is 0.351 e. The van der Waals surface area contributed by atoms with E-state index in [1.165, 1.54) is 101 Å². The summed E-state index contributed by atoms with van der Waals surface area (Å²) in [6.07, 6.45) is 21.0. The zero-order valence-electron chi connectivity index (χ0n) is 19.6. The van der Waals surface area contributed by atoms with Crippen molar-refractivity contribution < 1.29 is 0 Å². The van der Waals surface area contributed by atoms with E-state index in [2.05, 4.69) is 47.9 Å². The third-order valence-electron chi connectivity index (χ3n) is 9.21. The molecule has 3 aliphatic carbocycles. The normalized spacial score (nSPS) is 32.9. The Morgan fingerprint density at radius 3 is 1.90 bits per heavy atom. The van der Waals surface area contributed by atoms with Crippen LogP contribution in [0.25, 0.3) is 0 Å². The highest BCUT2D eigenvalue weighted by Gasteiger charge is 2.53. The van der Waals surface area contributed by atoms with Crippen LogP contribution in [0.5, 0.6) is 0 Å². The number of aryl methyl sites for hydroxylation is 1. The molecule has 0 spiro atoms. The van der Waals surface area contributed by atoms with Crippen LogP contribution in [0.3, 0.4) is 0 Å². The first-order valence-electron chi connectivity index (χ1n) is 13.4. The lowest BCUT2D eigenvalue weighted by Gasteiger charge is -2.44. The van der Waals surface area contributed by atoms with Crippen LogP contribution in [0.1, 0.15) is 102 Å². The van der Waals surface area contributed by atoms with E-state index < -0.39 is 0 Å². The Morgan fingerprint density at radius 1 is 0.700 bits per heavy atom. The van der Waals surface area contributed by atoms with E-state index in [1.807, 2.05) is 0 Å². The fourth-order valence-electron chi connectivity index (χ4n) is 7.87. The van der Waals surface area contributed by atoms with Crippen LogP contribution in [-0.4, -0.2) is 29.2 Å². The molecule has 0 amide bonds. The van der Waals surface area contributed by atoms with Gasteiger partial charge in [-0.3, -0.25) is 4.90 Å². The van der Waals surface area contributed by atoms with Crippen LogP contribution in [0.4, 0.5) is 5.69 Å². The van der Waals surface area contributed by atoms with Crippen LogP contribution in [0.2, 0.25) is 0 Å². The van der Waals surface area contributed by atoms with Crippen LogP contribution in [0.15, 0.2) is 24.3 Å². The van der Waals surface area contributed by atoms with Gasteiger partial charge in [-0.25, -0.2) is 0 Å². The maximum Gasteiger partial charge on any atom is 0.0858 e. The molecule has 0 radical (unpaired) electrons. The lowest BCUT2D eigenvalue weighted by Crippen LogP contribution is -2.52. The molecular formula is C28H44N2. The minimum atomic E-state index is 0.636. The molecule has 166 valence electrons. The average Bonchev–Trinajstić information content (AvgIpc) is 3.41. The zero-order valence-corrected chi connectivity index (χ0v) is 19.6. The minimum absolute atomic E-state index is 0.636. The van der Waals surface area contributed by atoms with E-state index in [1.54, 1.807) is 0 Å². The van der Waals surface area contributed by atoms with Crippen molar-refractivity contribution in [3.8, 4) is 0 Å². The third kappa shape index (κ3) is 3.83. The second kappa shape index (κ2) is 9.23. The second-order valence-electron chi connectivity index (χ2n) is 11.0. The van der Waals surface area contributed by atoms with Crippen LogP contribution in [-0.2, 0) is 0 Å². The molecule has 3 saturated carbocycles. The highest BCUT2D eigenvalue weighted by molar-refractivity contribution is 5.56. The second-order valence-corrected chi connectivity index (χ2v) is 11.0. The van der Waals surface area contributed by atoms with Gasteiger partial charge in [0.1, 0.15) is 0 Å². The molecule has 1 aromatic carbocycles. The molecule has 0 N–H and O–H groups in total. The molecule has 1 aliphatic heterocycles. The smallest absolute Gasteiger partial charge is 0.0858 e. The van der Waals surface area contributed by atoms with Gasteiger partial charge in [0.25, 0.3) is 0 Å². The van der Waals surface area contributed by atoms with Gasteiger partial charge in [-0.05, 0) is 75.8 Å². The number of nitrogens with zero attached hydrogens (tertiary/aromatic N) is 2. The molecule has 1 aromatic rings. The van der Waals surface area contributed by atoms with Crippen molar-refractivity contribution in [2.24, 2.45) is 11.8 Å². The fourth-order valence-corrected chi connectivity index (χ4v) is 7.87. The van der Waals surface area contributed by atoms with Crippen LogP contribution in [0, 0.1) is 18.8 Å².